The minimum absolute atomic E-state index is 0.0106. The Morgan fingerprint density at radius 2 is 1.93 bits per heavy atom. The number of rotatable bonds is 6. The van der Waals surface area contributed by atoms with Crippen LogP contribution in [0.4, 0.5) is 0 Å². The van der Waals surface area contributed by atoms with Gasteiger partial charge in [0.25, 0.3) is 0 Å². The van der Waals surface area contributed by atoms with Crippen molar-refractivity contribution in [3.63, 3.8) is 0 Å². The lowest BCUT2D eigenvalue weighted by Gasteiger charge is -2.26. The molecule has 0 bridgehead atoms. The Morgan fingerprint density at radius 1 is 1.18 bits per heavy atom. The van der Waals surface area contributed by atoms with E-state index in [1.165, 1.54) is 24.6 Å². The maximum absolute atomic E-state index is 12.6. The van der Waals surface area contributed by atoms with Crippen molar-refractivity contribution in [2.45, 2.75) is 43.4 Å². The number of nitrogens with one attached hydrogen (secondary N) is 1. The monoisotopic (exact) mass is 402 g/mol. The second-order valence-corrected chi connectivity index (χ2v) is 8.24. The van der Waals surface area contributed by atoms with Gasteiger partial charge in [-0.2, -0.15) is 0 Å². The molecule has 1 aliphatic heterocycles. The van der Waals surface area contributed by atoms with Gasteiger partial charge < -0.3 is 19.5 Å². The van der Waals surface area contributed by atoms with E-state index < -0.39 is 0 Å². The number of carbonyl (C=O) groups excluding carboxylic acids is 2. The molecular formula is C20H26N4O3S. The van der Waals surface area contributed by atoms with Gasteiger partial charge in [0.15, 0.2) is 5.16 Å². The third kappa shape index (κ3) is 4.50. The lowest BCUT2D eigenvalue weighted by molar-refractivity contribution is -0.132. The van der Waals surface area contributed by atoms with Crippen LogP contribution in [0.3, 0.4) is 0 Å². The molecule has 2 fully saturated rings. The maximum Gasteiger partial charge on any atom is 0.240 e. The standard InChI is InChI=1S/C20H26N4O3S/c25-18(21-15-5-1-2-6-15)13-24-17-8-4-3-7-16(17)22-20(24)28-14-19(26)23-9-11-27-12-10-23/h3-4,7-8,15H,1-2,5-6,9-14H2,(H,21,25). The van der Waals surface area contributed by atoms with Crippen molar-refractivity contribution in [2.24, 2.45) is 0 Å². The smallest absolute Gasteiger partial charge is 0.240 e. The number of hydrogen-bond acceptors (Lipinski definition) is 5. The maximum atomic E-state index is 12.6. The number of benzene rings is 1. The van der Waals surface area contributed by atoms with Crippen molar-refractivity contribution in [3.05, 3.63) is 24.3 Å². The lowest BCUT2D eigenvalue weighted by atomic mass is 10.2. The first-order valence-corrected chi connectivity index (χ1v) is 10.9. The Morgan fingerprint density at radius 3 is 2.71 bits per heavy atom. The highest BCUT2D eigenvalue weighted by molar-refractivity contribution is 7.99. The molecule has 2 heterocycles. The van der Waals surface area contributed by atoms with Gasteiger partial charge in [-0.05, 0) is 25.0 Å². The van der Waals surface area contributed by atoms with Crippen molar-refractivity contribution < 1.29 is 14.3 Å². The fourth-order valence-electron chi connectivity index (χ4n) is 3.83. The third-order valence-corrected chi connectivity index (χ3v) is 6.29. The minimum Gasteiger partial charge on any atom is -0.378 e. The summed E-state index contributed by atoms with van der Waals surface area (Å²) in [5.74, 6) is 0.409. The van der Waals surface area contributed by atoms with Gasteiger partial charge in [-0.25, -0.2) is 4.98 Å². The summed E-state index contributed by atoms with van der Waals surface area (Å²) < 4.78 is 7.24. The average molecular weight is 403 g/mol. The van der Waals surface area contributed by atoms with E-state index in [0.29, 0.717) is 43.3 Å². The molecule has 2 aliphatic rings. The van der Waals surface area contributed by atoms with Crippen LogP contribution in [-0.2, 0) is 20.9 Å². The molecule has 1 saturated heterocycles. The van der Waals surface area contributed by atoms with Crippen LogP contribution < -0.4 is 5.32 Å². The Balaban J connectivity index is 1.46. The third-order valence-electron chi connectivity index (χ3n) is 5.33. The number of carbonyl (C=O) groups is 2. The van der Waals surface area contributed by atoms with Gasteiger partial charge in [0, 0.05) is 19.1 Å². The molecule has 1 N–H and O–H groups in total. The predicted octanol–water partition coefficient (Wildman–Crippen LogP) is 2.05. The van der Waals surface area contributed by atoms with Crippen molar-refractivity contribution >= 4 is 34.6 Å². The molecule has 2 amide bonds. The number of hydrogen-bond donors (Lipinski definition) is 1. The van der Waals surface area contributed by atoms with Gasteiger partial charge in [0.1, 0.15) is 6.54 Å². The molecule has 4 rings (SSSR count). The number of fused-ring (bicyclic) bond motifs is 1. The summed E-state index contributed by atoms with van der Waals surface area (Å²) >= 11 is 1.40. The van der Waals surface area contributed by atoms with E-state index in [4.69, 9.17) is 4.74 Å². The van der Waals surface area contributed by atoms with Crippen LogP contribution in [-0.4, -0.2) is 64.4 Å². The van der Waals surface area contributed by atoms with Crippen LogP contribution in [0.1, 0.15) is 25.7 Å². The lowest BCUT2D eigenvalue weighted by Crippen LogP contribution is -2.41. The summed E-state index contributed by atoms with van der Waals surface area (Å²) in [4.78, 5) is 31.6. The summed E-state index contributed by atoms with van der Waals surface area (Å²) in [5.41, 5.74) is 1.77. The number of nitrogens with zero attached hydrogens (tertiary/aromatic N) is 3. The largest absolute Gasteiger partial charge is 0.378 e. The average Bonchev–Trinajstić information content (AvgIpc) is 3.35. The normalized spacial score (nSPS) is 17.9. The first-order valence-electron chi connectivity index (χ1n) is 9.93. The van der Waals surface area contributed by atoms with Crippen molar-refractivity contribution in [1.29, 1.82) is 0 Å². The second kappa shape index (κ2) is 8.96. The van der Waals surface area contributed by atoms with E-state index in [0.717, 1.165) is 23.9 Å². The highest BCUT2D eigenvalue weighted by atomic mass is 32.2. The molecule has 0 radical (unpaired) electrons. The molecule has 7 nitrogen and oxygen atoms in total. The molecule has 8 heteroatoms. The molecule has 150 valence electrons. The molecule has 0 spiro atoms. The van der Waals surface area contributed by atoms with Gasteiger partial charge in [0.2, 0.25) is 11.8 Å². The van der Waals surface area contributed by atoms with E-state index in [1.54, 1.807) is 0 Å². The molecule has 1 aromatic heterocycles. The van der Waals surface area contributed by atoms with Gasteiger partial charge in [-0.1, -0.05) is 36.7 Å². The van der Waals surface area contributed by atoms with E-state index in [1.807, 2.05) is 33.7 Å². The molecule has 28 heavy (non-hydrogen) atoms. The van der Waals surface area contributed by atoms with Crippen LogP contribution in [0.5, 0.6) is 0 Å². The summed E-state index contributed by atoms with van der Waals surface area (Å²) in [6.07, 6.45) is 4.49. The van der Waals surface area contributed by atoms with Crippen LogP contribution in [0.2, 0.25) is 0 Å². The molecule has 0 atom stereocenters. The Labute approximate surface area is 168 Å². The molecule has 1 saturated carbocycles. The fraction of sp³-hybridized carbons (Fsp3) is 0.550. The van der Waals surface area contributed by atoms with Crippen molar-refractivity contribution in [2.75, 3.05) is 32.1 Å². The Hall–Kier alpha value is -2.06. The molecule has 2 aromatic rings. The fourth-order valence-corrected chi connectivity index (χ4v) is 4.75. The number of imidazole rings is 1. The quantitative estimate of drug-likeness (QED) is 0.749. The van der Waals surface area contributed by atoms with Gasteiger partial charge in [-0.3, -0.25) is 9.59 Å². The van der Waals surface area contributed by atoms with E-state index >= 15 is 0 Å². The summed E-state index contributed by atoms with van der Waals surface area (Å²) in [6, 6.07) is 8.09. The summed E-state index contributed by atoms with van der Waals surface area (Å²) in [7, 11) is 0. The highest BCUT2D eigenvalue weighted by Crippen LogP contribution is 2.25. The second-order valence-electron chi connectivity index (χ2n) is 7.30. The van der Waals surface area contributed by atoms with E-state index in [-0.39, 0.29) is 18.4 Å². The van der Waals surface area contributed by atoms with Crippen molar-refractivity contribution in [3.8, 4) is 0 Å². The van der Waals surface area contributed by atoms with Crippen LogP contribution in [0, 0.1) is 0 Å². The Bertz CT molecular complexity index is 841. The zero-order valence-electron chi connectivity index (χ0n) is 15.9. The molecule has 0 unspecified atom stereocenters. The molecular weight excluding hydrogens is 376 g/mol. The predicted molar refractivity (Wildman–Crippen MR) is 108 cm³/mol. The highest BCUT2D eigenvalue weighted by Gasteiger charge is 2.21. The number of thioether (sulfide) groups is 1. The Kier molecular flexibility index (Phi) is 6.17. The van der Waals surface area contributed by atoms with E-state index in [9.17, 15) is 9.59 Å². The van der Waals surface area contributed by atoms with Crippen molar-refractivity contribution in [1.82, 2.24) is 19.8 Å². The number of aromatic nitrogens is 2. The number of ether oxygens (including phenoxy) is 1. The summed E-state index contributed by atoms with van der Waals surface area (Å²) in [5, 5.41) is 3.85. The minimum atomic E-state index is 0.0106. The SMILES string of the molecule is O=C(Cn1c(SCC(=O)N2CCOCC2)nc2ccccc21)NC1CCCC1. The molecule has 1 aliphatic carbocycles. The zero-order chi connectivity index (χ0) is 19.3. The first-order chi connectivity index (χ1) is 13.7. The first kappa shape index (κ1) is 19.3. The van der Waals surface area contributed by atoms with Crippen LogP contribution in [0.25, 0.3) is 11.0 Å². The number of amides is 2. The van der Waals surface area contributed by atoms with Crippen LogP contribution in [0.15, 0.2) is 29.4 Å². The van der Waals surface area contributed by atoms with Gasteiger partial charge >= 0.3 is 0 Å². The van der Waals surface area contributed by atoms with Gasteiger partial charge in [-0.15, -0.1) is 0 Å². The topological polar surface area (TPSA) is 76.5 Å². The number of morpholine rings is 1. The molecule has 1 aromatic carbocycles. The summed E-state index contributed by atoms with van der Waals surface area (Å²) in [6.45, 7) is 2.69. The van der Waals surface area contributed by atoms with Crippen LogP contribution >= 0.6 is 11.8 Å². The number of para-hydroxylation sites is 2. The zero-order valence-corrected chi connectivity index (χ0v) is 16.7. The van der Waals surface area contributed by atoms with Gasteiger partial charge in [0.05, 0.1) is 30.0 Å². The van der Waals surface area contributed by atoms with E-state index in [2.05, 4.69) is 10.3 Å².